The Labute approximate surface area is 153 Å². The molecule has 1 aromatic rings. The third-order valence-electron chi connectivity index (χ3n) is 5.48. The van der Waals surface area contributed by atoms with Crippen LogP contribution in [0.3, 0.4) is 0 Å². The maximum atomic E-state index is 13.1. The Bertz CT molecular complexity index is 685. The number of hydrogen-bond acceptors (Lipinski definition) is 6. The van der Waals surface area contributed by atoms with Gasteiger partial charge in [0, 0.05) is 32.9 Å². The molecule has 26 heavy (non-hydrogen) atoms. The number of benzene rings is 1. The van der Waals surface area contributed by atoms with Gasteiger partial charge in [-0.2, -0.15) is 0 Å². The van der Waals surface area contributed by atoms with Crippen LogP contribution in [0, 0.1) is 0 Å². The van der Waals surface area contributed by atoms with E-state index in [2.05, 4.69) is 27.2 Å². The first-order valence-electron chi connectivity index (χ1n) is 9.04. The van der Waals surface area contributed by atoms with Crippen molar-refractivity contribution in [1.29, 1.82) is 0 Å². The van der Waals surface area contributed by atoms with Crippen molar-refractivity contribution in [2.45, 2.75) is 24.9 Å². The number of urea groups is 1. The quantitative estimate of drug-likeness (QED) is 0.835. The van der Waals surface area contributed by atoms with Crippen molar-refractivity contribution in [1.82, 2.24) is 20.0 Å². The average Bonchev–Trinajstić information content (AvgIpc) is 3.07. The summed E-state index contributed by atoms with van der Waals surface area (Å²) in [4.78, 5) is 33.1. The van der Waals surface area contributed by atoms with Crippen molar-refractivity contribution >= 4 is 17.6 Å². The topological polar surface area (TPSA) is 68.4 Å². The largest absolute Gasteiger partial charge is 0.383 e. The van der Waals surface area contributed by atoms with Gasteiger partial charge in [0.15, 0.2) is 0 Å². The van der Waals surface area contributed by atoms with Crippen LogP contribution >= 0.6 is 0 Å². The van der Waals surface area contributed by atoms with Crippen molar-refractivity contribution in [3.05, 3.63) is 30.3 Å². The van der Waals surface area contributed by atoms with Crippen LogP contribution in [0.2, 0.25) is 0 Å². The Morgan fingerprint density at radius 3 is 2.69 bits per heavy atom. The first-order chi connectivity index (χ1) is 12.6. The molecule has 3 atom stereocenters. The smallest absolute Gasteiger partial charge is 0.327 e. The van der Waals surface area contributed by atoms with E-state index >= 15 is 0 Å². The number of likely N-dealkylation sites (N-methyl/N-ethyl adjacent to an activating group) is 1. The monoisotopic (exact) mass is 359 g/mol. The lowest BCUT2D eigenvalue weighted by atomic mass is 10.1. The Hall–Kier alpha value is -2.16. The van der Waals surface area contributed by atoms with Crippen molar-refractivity contribution in [3.63, 3.8) is 0 Å². The summed E-state index contributed by atoms with van der Waals surface area (Å²) in [5.74, 6) is -0.139. The summed E-state index contributed by atoms with van der Waals surface area (Å²) in [5, 5.41) is 3.51. The summed E-state index contributed by atoms with van der Waals surface area (Å²) < 4.78 is 5.07. The molecule has 3 unspecified atom stereocenters. The van der Waals surface area contributed by atoms with Gasteiger partial charge in [-0.05, 0) is 18.6 Å². The number of carbonyl (C=O) groups is 2. The van der Waals surface area contributed by atoms with E-state index in [-0.39, 0.29) is 37.0 Å². The second kappa shape index (κ2) is 6.86. The second-order valence-corrected chi connectivity index (χ2v) is 6.93. The van der Waals surface area contributed by atoms with Crippen LogP contribution in [-0.4, -0.2) is 85.5 Å². The molecule has 8 nitrogen and oxygen atoms in total. The summed E-state index contributed by atoms with van der Waals surface area (Å²) in [5.41, 5.74) is 1.12. The molecule has 4 rings (SSSR count). The fourth-order valence-electron chi connectivity index (χ4n) is 4.19. The van der Waals surface area contributed by atoms with Gasteiger partial charge in [0.05, 0.1) is 13.2 Å². The Balaban J connectivity index is 1.62. The summed E-state index contributed by atoms with van der Waals surface area (Å²) in [6.45, 7) is 2.36. The van der Waals surface area contributed by atoms with Crippen LogP contribution in [0.15, 0.2) is 30.3 Å². The molecule has 3 aliphatic rings. The summed E-state index contributed by atoms with van der Waals surface area (Å²) in [7, 11) is 3.32. The van der Waals surface area contributed by atoms with Crippen molar-refractivity contribution < 1.29 is 14.3 Å². The van der Waals surface area contributed by atoms with Crippen LogP contribution < -0.4 is 10.2 Å². The number of nitrogens with zero attached hydrogens (tertiary/aromatic N) is 4. The number of fused-ring (bicyclic) bond motifs is 3. The van der Waals surface area contributed by atoms with Gasteiger partial charge in [0.2, 0.25) is 0 Å². The minimum atomic E-state index is -0.369. The third kappa shape index (κ3) is 2.65. The molecule has 1 aromatic carbocycles. The number of ether oxygens (including phenoxy) is 1. The second-order valence-electron chi connectivity index (χ2n) is 6.93. The van der Waals surface area contributed by atoms with Crippen molar-refractivity contribution in [2.75, 3.05) is 45.3 Å². The zero-order chi connectivity index (χ0) is 18.3. The normalized spacial score (nSPS) is 29.2. The average molecular weight is 359 g/mol. The molecule has 0 bridgehead atoms. The van der Waals surface area contributed by atoms with Crippen LogP contribution in [0.1, 0.15) is 6.42 Å². The van der Waals surface area contributed by atoms with Crippen LogP contribution in [0.25, 0.3) is 0 Å². The number of amides is 3. The predicted octanol–water partition coefficient (Wildman–Crippen LogP) is 0.321. The number of nitrogens with one attached hydrogen (secondary N) is 1. The molecule has 0 spiro atoms. The van der Waals surface area contributed by atoms with Gasteiger partial charge in [-0.3, -0.25) is 19.9 Å². The van der Waals surface area contributed by atoms with E-state index in [1.165, 1.54) is 4.90 Å². The molecule has 0 aromatic heterocycles. The van der Waals surface area contributed by atoms with Crippen LogP contribution in [0.4, 0.5) is 10.5 Å². The summed E-state index contributed by atoms with van der Waals surface area (Å²) in [6.07, 6.45) is 0.560. The first-order valence-corrected chi connectivity index (χ1v) is 9.04. The van der Waals surface area contributed by atoms with E-state index < -0.39 is 0 Å². The van der Waals surface area contributed by atoms with E-state index in [0.717, 1.165) is 25.2 Å². The number of carbonyl (C=O) groups excluding carboxylic acids is 2. The van der Waals surface area contributed by atoms with E-state index in [4.69, 9.17) is 4.74 Å². The highest BCUT2D eigenvalue weighted by atomic mass is 16.5. The van der Waals surface area contributed by atoms with Crippen LogP contribution in [-0.2, 0) is 9.53 Å². The predicted molar refractivity (Wildman–Crippen MR) is 96.4 cm³/mol. The SMILES string of the molecule is COCCN1C(=O)C2C(NC3N(c4ccccc4)CCCN23)N(C)C1=O. The van der Waals surface area contributed by atoms with Crippen LogP contribution in [0.5, 0.6) is 0 Å². The van der Waals surface area contributed by atoms with Crippen molar-refractivity contribution in [3.8, 4) is 0 Å². The number of methoxy groups -OCH3 is 1. The molecule has 140 valence electrons. The lowest BCUT2D eigenvalue weighted by molar-refractivity contribution is -0.139. The number of hydrogen-bond donors (Lipinski definition) is 1. The highest BCUT2D eigenvalue weighted by Gasteiger charge is 2.55. The van der Waals surface area contributed by atoms with E-state index in [9.17, 15) is 9.59 Å². The maximum Gasteiger partial charge on any atom is 0.327 e. The minimum absolute atomic E-state index is 0.0947. The van der Waals surface area contributed by atoms with Gasteiger partial charge in [-0.25, -0.2) is 4.79 Å². The lowest BCUT2D eigenvalue weighted by Gasteiger charge is -2.43. The Morgan fingerprint density at radius 2 is 1.96 bits per heavy atom. The molecule has 3 amide bonds. The lowest BCUT2D eigenvalue weighted by Crippen LogP contribution is -2.66. The molecule has 0 aliphatic carbocycles. The summed E-state index contributed by atoms with van der Waals surface area (Å²) in [6, 6.07) is 9.55. The fourth-order valence-corrected chi connectivity index (χ4v) is 4.19. The zero-order valence-corrected chi connectivity index (χ0v) is 15.2. The number of imide groups is 1. The first kappa shape index (κ1) is 17.3. The molecule has 3 aliphatic heterocycles. The number of para-hydroxylation sites is 1. The van der Waals surface area contributed by atoms with E-state index in [1.54, 1.807) is 19.1 Å². The Kier molecular flexibility index (Phi) is 4.56. The number of rotatable bonds is 4. The van der Waals surface area contributed by atoms with Gasteiger partial charge in [-0.1, -0.05) is 18.2 Å². The molecule has 3 saturated heterocycles. The van der Waals surface area contributed by atoms with Gasteiger partial charge in [0.1, 0.15) is 18.5 Å². The van der Waals surface area contributed by atoms with E-state index in [0.29, 0.717) is 6.61 Å². The van der Waals surface area contributed by atoms with Gasteiger partial charge in [0.25, 0.3) is 5.91 Å². The third-order valence-corrected chi connectivity index (χ3v) is 5.48. The standard InChI is InChI=1S/C18H25N5O3/c1-20-15-14(16(24)23(18(20)25)11-12-26-2)22-10-6-9-21(17(22)19-15)13-7-4-3-5-8-13/h3-5,7-8,14-15,17,19H,6,9-12H2,1-2H3. The van der Waals surface area contributed by atoms with Gasteiger partial charge in [-0.15, -0.1) is 0 Å². The summed E-state index contributed by atoms with van der Waals surface area (Å²) >= 11 is 0. The molecule has 3 heterocycles. The highest BCUT2D eigenvalue weighted by Crippen LogP contribution is 2.32. The molecule has 8 heteroatoms. The molecular formula is C18H25N5O3. The number of anilines is 1. The van der Waals surface area contributed by atoms with Gasteiger partial charge >= 0.3 is 6.03 Å². The van der Waals surface area contributed by atoms with Gasteiger partial charge < -0.3 is 14.5 Å². The Morgan fingerprint density at radius 1 is 1.19 bits per heavy atom. The fraction of sp³-hybridized carbons (Fsp3) is 0.556. The zero-order valence-electron chi connectivity index (χ0n) is 15.2. The van der Waals surface area contributed by atoms with Crippen molar-refractivity contribution in [2.24, 2.45) is 0 Å². The highest BCUT2D eigenvalue weighted by molar-refractivity contribution is 6.00. The molecule has 1 N–H and O–H groups in total. The molecule has 0 saturated carbocycles. The maximum absolute atomic E-state index is 13.1. The molecule has 3 fully saturated rings. The molecule has 0 radical (unpaired) electrons. The minimum Gasteiger partial charge on any atom is -0.383 e. The molecular weight excluding hydrogens is 334 g/mol. The van der Waals surface area contributed by atoms with E-state index in [1.807, 2.05) is 18.2 Å².